The van der Waals surface area contributed by atoms with Gasteiger partial charge < -0.3 is 24.8 Å². The summed E-state index contributed by atoms with van der Waals surface area (Å²) in [6.45, 7) is 17.6. The van der Waals surface area contributed by atoms with Crippen molar-refractivity contribution in [2.75, 3.05) is 0 Å². The predicted octanol–water partition coefficient (Wildman–Crippen LogP) is 7.80. The van der Waals surface area contributed by atoms with E-state index < -0.39 is 44.7 Å². The largest absolute Gasteiger partial charge is 1.00 e. The molecule has 0 heterocycles. The van der Waals surface area contributed by atoms with E-state index in [0.29, 0.717) is 11.1 Å². The van der Waals surface area contributed by atoms with Crippen molar-refractivity contribution in [3.63, 3.8) is 0 Å². The van der Waals surface area contributed by atoms with Gasteiger partial charge in [-0.05, 0) is 0 Å². The Kier molecular flexibility index (Phi) is 11.0. The summed E-state index contributed by atoms with van der Waals surface area (Å²) in [5, 5.41) is 0. The molecule has 1 atom stereocenters. The molecule has 4 aromatic carbocycles. The molecule has 0 fully saturated rings. The molecule has 0 N–H and O–H groups in total. The van der Waals surface area contributed by atoms with Crippen LogP contribution in [0, 0.1) is 11.3 Å². The van der Waals surface area contributed by atoms with Crippen molar-refractivity contribution in [3.8, 4) is 11.1 Å². The average molecular weight is 897 g/mol. The fourth-order valence-electron chi connectivity index (χ4n) is 8.94. The van der Waals surface area contributed by atoms with Crippen LogP contribution in [0.25, 0.3) is 23.3 Å². The average Bonchev–Trinajstić information content (AvgIpc) is 3.81. The van der Waals surface area contributed by atoms with Gasteiger partial charge in [0.05, 0.1) is 0 Å². The van der Waals surface area contributed by atoms with Crippen LogP contribution in [0.4, 0.5) is 26.3 Å². The monoisotopic (exact) mass is 894 g/mol. The maximum atomic E-state index is 14.0. The Labute approximate surface area is 351 Å². The van der Waals surface area contributed by atoms with E-state index in [4.69, 9.17) is 0 Å². The van der Waals surface area contributed by atoms with Crippen molar-refractivity contribution < 1.29 is 72.4 Å². The number of fused-ring (bicyclic) bond motifs is 5. The van der Waals surface area contributed by atoms with Crippen molar-refractivity contribution in [1.29, 1.82) is 0 Å². The third kappa shape index (κ3) is 7.48. The van der Waals surface area contributed by atoms with Gasteiger partial charge in [0, 0.05) is 0 Å². The number of alkyl halides is 6. The minimum Gasteiger partial charge on any atom is -1.00 e. The fraction of sp³-hybridized carbons (Fsp3) is 0.312. The van der Waals surface area contributed by atoms with Crippen molar-refractivity contribution in [1.82, 2.24) is 0 Å². The third-order valence-corrected chi connectivity index (χ3v) is 20.8. The van der Waals surface area contributed by atoms with Crippen molar-refractivity contribution in [2.24, 2.45) is 11.3 Å². The Morgan fingerprint density at radius 3 is 1.37 bits per heavy atom. The van der Waals surface area contributed by atoms with Crippen LogP contribution < -0.4 is 24.8 Å². The van der Waals surface area contributed by atoms with E-state index in [1.165, 1.54) is 66.5 Å². The van der Waals surface area contributed by atoms with Gasteiger partial charge in [-0.1, -0.05) is 0 Å². The summed E-state index contributed by atoms with van der Waals surface area (Å²) < 4.78 is 86.1. The molecular formula is C48H44Cl2F6Zr. The van der Waals surface area contributed by atoms with E-state index >= 15 is 0 Å². The number of allylic oxidation sites excluding steroid dienone is 6. The second-order valence-corrected chi connectivity index (χ2v) is 23.9. The Bertz CT molecular complexity index is 2290. The molecule has 4 aromatic rings. The number of hydrogen-bond donors (Lipinski definition) is 0. The van der Waals surface area contributed by atoms with E-state index in [1.54, 1.807) is 0 Å². The van der Waals surface area contributed by atoms with Gasteiger partial charge in [-0.2, -0.15) is 0 Å². The topological polar surface area (TPSA) is 0 Å². The van der Waals surface area contributed by atoms with E-state index in [9.17, 15) is 26.3 Å². The van der Waals surface area contributed by atoms with Crippen molar-refractivity contribution in [3.05, 3.63) is 162 Å². The van der Waals surface area contributed by atoms with E-state index in [0.717, 1.165) is 38.6 Å². The van der Waals surface area contributed by atoms with Crippen LogP contribution in [-0.2, 0) is 44.4 Å². The van der Waals surface area contributed by atoms with Gasteiger partial charge in [-0.3, -0.25) is 0 Å². The van der Waals surface area contributed by atoms with Crippen molar-refractivity contribution >= 4 is 15.4 Å². The van der Waals surface area contributed by atoms with Gasteiger partial charge in [0.15, 0.2) is 0 Å². The van der Waals surface area contributed by atoms with Crippen LogP contribution >= 0.6 is 0 Å². The minimum absolute atomic E-state index is 0. The first-order valence-corrected chi connectivity index (χ1v) is 22.7. The number of benzene rings is 4. The molecule has 0 saturated heterocycles. The molecule has 4 aliphatic rings. The molecule has 0 amide bonds. The first-order chi connectivity index (χ1) is 25.5. The number of rotatable bonds is 4. The molecule has 0 aliphatic heterocycles. The minimum atomic E-state index is -4.53. The molecule has 1 unspecified atom stereocenters. The Hall–Kier alpha value is -3.25. The Balaban J connectivity index is 0.00000275. The van der Waals surface area contributed by atoms with E-state index in [-0.39, 0.29) is 50.6 Å². The molecule has 0 saturated carbocycles. The molecular weight excluding hydrogens is 853 g/mol. The summed E-state index contributed by atoms with van der Waals surface area (Å²) in [6, 6.07) is 20.0. The maximum Gasteiger partial charge on any atom is -1.00 e. The van der Waals surface area contributed by atoms with Crippen LogP contribution in [0.3, 0.4) is 0 Å². The van der Waals surface area contributed by atoms with Gasteiger partial charge in [-0.25, -0.2) is 0 Å². The number of hydrogen-bond acceptors (Lipinski definition) is 0. The van der Waals surface area contributed by atoms with Crippen LogP contribution in [0.15, 0.2) is 106 Å². The molecule has 9 heteroatoms. The van der Waals surface area contributed by atoms with Crippen molar-refractivity contribution in [2.45, 2.75) is 82.2 Å². The standard InChI is InChI=1S/C23H21.C15H8F6.C10H15.2ClH.Zr/c1-22(2)7-5-14-10-18-16(12-20(14)22)9-17-13-21-15(11-19(17)18)6-8-23(21,3)4;16-14(17,18)12-5-1-10(2-6-12)9-11-3-7-13(8-4-11)15(19,20)21;1-8-5-6-9(7-8)10(2,3)4;;;/h5-13H,1-4H3;1-8H;6-8H,1-4H3;2*1H;/q;;;;;+2/p-2. The third-order valence-electron chi connectivity index (χ3n) is 12.1. The Morgan fingerprint density at radius 1 is 0.614 bits per heavy atom. The summed E-state index contributed by atoms with van der Waals surface area (Å²) in [7, 11) is 0. The Morgan fingerprint density at radius 2 is 1.02 bits per heavy atom. The van der Waals surface area contributed by atoms with Crippen LogP contribution in [-0.4, -0.2) is 3.21 Å². The zero-order valence-electron chi connectivity index (χ0n) is 33.1. The summed E-state index contributed by atoms with van der Waals surface area (Å²) in [6.07, 6.45) is 4.45. The van der Waals surface area contributed by atoms with Crippen LogP contribution in [0.1, 0.15) is 115 Å². The number of halogens is 8. The first-order valence-electron chi connectivity index (χ1n) is 18.8. The molecule has 57 heavy (non-hydrogen) atoms. The summed E-state index contributed by atoms with van der Waals surface area (Å²) in [4.78, 5) is 0. The molecule has 0 aromatic heterocycles. The smallest absolute Gasteiger partial charge is 1.00 e. The van der Waals surface area contributed by atoms with E-state index in [2.05, 4.69) is 116 Å². The second kappa shape index (κ2) is 14.5. The van der Waals surface area contributed by atoms with E-state index in [1.807, 2.05) is 0 Å². The van der Waals surface area contributed by atoms with Gasteiger partial charge in [0.2, 0.25) is 0 Å². The summed E-state index contributed by atoms with van der Waals surface area (Å²) >= 11 is -3.61. The zero-order valence-corrected chi connectivity index (χ0v) is 37.0. The summed E-state index contributed by atoms with van der Waals surface area (Å²) in [5.74, 6) is 0.0371. The molecule has 4 aliphatic carbocycles. The maximum absolute atomic E-state index is 14.0. The first kappa shape index (κ1) is 43.3. The van der Waals surface area contributed by atoms with Gasteiger partial charge in [0.25, 0.3) is 0 Å². The van der Waals surface area contributed by atoms with Gasteiger partial charge in [0.1, 0.15) is 0 Å². The van der Waals surface area contributed by atoms with Crippen LogP contribution in [0.2, 0.25) is 0 Å². The molecule has 0 nitrogen and oxygen atoms in total. The fourth-order valence-corrected chi connectivity index (χ4v) is 18.4. The predicted molar refractivity (Wildman–Crippen MR) is 209 cm³/mol. The normalized spacial score (nSPS) is 18.4. The van der Waals surface area contributed by atoms with Gasteiger partial charge >= 0.3 is 329 Å². The molecule has 8 rings (SSSR count). The SMILES string of the molecule is CC1C=C(C(C)(C)C)C=[C]1[Zr+2](=[C](c1ccc(C(F)(F)F)cc1)c1ccc(C(F)(F)F)cc1)[CH]1c2cc3c(cc2-c2cc4c(cc21)C(C)(C)C=C4)C=CC3(C)C.[Cl-].[Cl-]. The second-order valence-electron chi connectivity index (χ2n) is 17.8. The molecule has 0 radical (unpaired) electrons. The quantitative estimate of drug-likeness (QED) is 0.184. The zero-order chi connectivity index (χ0) is 39.6. The molecule has 0 bridgehead atoms. The van der Waals surface area contributed by atoms with Gasteiger partial charge in [-0.15, -0.1) is 0 Å². The van der Waals surface area contributed by atoms with Crippen LogP contribution in [0.5, 0.6) is 0 Å². The molecule has 0 spiro atoms. The summed E-state index contributed by atoms with van der Waals surface area (Å²) in [5.41, 5.74) is 9.92. The molecule has 296 valence electrons.